The van der Waals surface area contributed by atoms with Crippen LogP contribution in [0, 0.1) is 0 Å². The first kappa shape index (κ1) is 23.9. The minimum atomic E-state index is -3.37. The molecule has 1 amide bonds. The summed E-state index contributed by atoms with van der Waals surface area (Å²) in [4.78, 5) is 19.0. The zero-order valence-corrected chi connectivity index (χ0v) is 17.7. The lowest BCUT2D eigenvalue weighted by atomic mass is 10.1. The molecule has 1 aromatic rings. The predicted octanol–water partition coefficient (Wildman–Crippen LogP) is 2.58. The van der Waals surface area contributed by atoms with Gasteiger partial charge in [-0.2, -0.15) is 0 Å². The van der Waals surface area contributed by atoms with Crippen LogP contribution < -0.4 is 5.32 Å². The first-order chi connectivity index (χ1) is 12.5. The summed E-state index contributed by atoms with van der Waals surface area (Å²) in [6, 6.07) is 5.67. The summed E-state index contributed by atoms with van der Waals surface area (Å²) < 4.78 is 24.7. The quantitative estimate of drug-likeness (QED) is 0.624. The average molecular weight is 418 g/mol. The lowest BCUT2D eigenvalue weighted by Crippen LogP contribution is -2.43. The first-order valence-electron chi connectivity index (χ1n) is 9.62. The normalized spacial score (nSPS) is 17.6. The van der Waals surface area contributed by atoms with Crippen molar-refractivity contribution in [2.75, 3.05) is 24.6 Å². The van der Waals surface area contributed by atoms with Crippen LogP contribution in [0.25, 0.3) is 0 Å². The second kappa shape index (κ2) is 12.3. The summed E-state index contributed by atoms with van der Waals surface area (Å²) in [5, 5.41) is 3.35. The van der Waals surface area contributed by atoms with E-state index in [1.807, 2.05) is 25.1 Å². The van der Waals surface area contributed by atoms with Crippen molar-refractivity contribution in [3.05, 3.63) is 30.1 Å². The number of carbonyl (C=O) groups is 1. The summed E-state index contributed by atoms with van der Waals surface area (Å²) >= 11 is 0. The fourth-order valence-electron chi connectivity index (χ4n) is 3.31. The van der Waals surface area contributed by atoms with Gasteiger partial charge in [0.1, 0.15) is 5.75 Å². The Kier molecular flexibility index (Phi) is 10.9. The molecule has 6 nitrogen and oxygen atoms in total. The summed E-state index contributed by atoms with van der Waals surface area (Å²) in [6.45, 7) is 4.19. The monoisotopic (exact) mass is 417 g/mol. The summed E-state index contributed by atoms with van der Waals surface area (Å²) in [7, 11) is -3.37. The van der Waals surface area contributed by atoms with Crippen LogP contribution in [0.15, 0.2) is 24.4 Å². The minimum absolute atomic E-state index is 0. The van der Waals surface area contributed by atoms with E-state index in [0.717, 1.165) is 50.9 Å². The Morgan fingerprint density at radius 1 is 1.26 bits per heavy atom. The fourth-order valence-corrected chi connectivity index (χ4v) is 4.65. The van der Waals surface area contributed by atoms with Crippen molar-refractivity contribution in [3.63, 3.8) is 0 Å². The van der Waals surface area contributed by atoms with Crippen LogP contribution >= 0.6 is 12.4 Å². The number of sulfone groups is 1. The molecule has 8 heteroatoms. The molecule has 0 spiro atoms. The van der Waals surface area contributed by atoms with Gasteiger partial charge in [-0.3, -0.25) is 9.78 Å². The molecule has 1 aliphatic heterocycles. The molecular weight excluding hydrogens is 386 g/mol. The molecule has 0 bridgehead atoms. The van der Waals surface area contributed by atoms with Gasteiger partial charge in [-0.1, -0.05) is 25.8 Å². The Morgan fingerprint density at radius 3 is 2.78 bits per heavy atom. The lowest BCUT2D eigenvalue weighted by Gasteiger charge is -2.31. The highest BCUT2D eigenvalue weighted by Crippen LogP contribution is 2.17. The van der Waals surface area contributed by atoms with Gasteiger partial charge in [0.2, 0.25) is 5.91 Å². The van der Waals surface area contributed by atoms with Crippen LogP contribution in [0.5, 0.6) is 0 Å². The molecule has 1 atom stereocenters. The van der Waals surface area contributed by atoms with Gasteiger partial charge in [0, 0.05) is 12.2 Å². The van der Waals surface area contributed by atoms with E-state index < -0.39 is 15.6 Å². The number of unbranched alkanes of at least 4 members (excludes halogenated alkanes) is 2. The Balaban J connectivity index is 0.00000364. The smallest absolute Gasteiger partial charge is 0.238 e. The minimum Gasteiger partial charge on any atom is -0.333 e. The predicted molar refractivity (Wildman–Crippen MR) is 111 cm³/mol. The number of nitrogens with one attached hydrogen (secondary N) is 1. The van der Waals surface area contributed by atoms with E-state index in [-0.39, 0.29) is 30.1 Å². The Hall–Kier alpha value is -1.18. The van der Waals surface area contributed by atoms with Crippen molar-refractivity contribution in [2.45, 2.75) is 58.0 Å². The van der Waals surface area contributed by atoms with Crippen LogP contribution in [0.1, 0.15) is 51.1 Å². The van der Waals surface area contributed by atoms with E-state index >= 15 is 0 Å². The number of rotatable bonds is 9. The number of hydrogen-bond acceptors (Lipinski definition) is 5. The molecule has 0 saturated carbocycles. The van der Waals surface area contributed by atoms with E-state index in [1.165, 1.54) is 0 Å². The van der Waals surface area contributed by atoms with Gasteiger partial charge in [-0.25, -0.2) is 8.42 Å². The lowest BCUT2D eigenvalue weighted by molar-refractivity contribution is -0.131. The molecule has 2 rings (SSSR count). The third-order valence-electron chi connectivity index (χ3n) is 4.77. The van der Waals surface area contributed by atoms with Gasteiger partial charge >= 0.3 is 0 Å². The van der Waals surface area contributed by atoms with Crippen molar-refractivity contribution >= 4 is 28.2 Å². The third kappa shape index (κ3) is 8.58. The number of aromatic nitrogens is 1. The Labute approximate surface area is 169 Å². The van der Waals surface area contributed by atoms with Crippen LogP contribution in [-0.4, -0.2) is 54.8 Å². The molecule has 1 aromatic heterocycles. The zero-order valence-electron chi connectivity index (χ0n) is 16.1. The highest BCUT2D eigenvalue weighted by Gasteiger charge is 2.28. The molecule has 1 saturated heterocycles. The highest BCUT2D eigenvalue weighted by atomic mass is 35.5. The maximum Gasteiger partial charge on any atom is 0.238 e. The molecular formula is C19H32ClN3O3S. The van der Waals surface area contributed by atoms with Gasteiger partial charge < -0.3 is 10.2 Å². The van der Waals surface area contributed by atoms with Crippen LogP contribution in [0.3, 0.4) is 0 Å². The molecule has 1 fully saturated rings. The van der Waals surface area contributed by atoms with Crippen molar-refractivity contribution < 1.29 is 13.2 Å². The Morgan fingerprint density at radius 2 is 2.07 bits per heavy atom. The topological polar surface area (TPSA) is 79.4 Å². The fraction of sp³-hybridized carbons (Fsp3) is 0.684. The number of carbonyl (C=O) groups excluding carboxylic acids is 1. The largest absolute Gasteiger partial charge is 0.333 e. The SMILES string of the molecule is CCCCCS(=O)(=O)CC(=O)N(Cc1ccccn1)C1CCCNCC1.Cl. The molecule has 0 radical (unpaired) electrons. The van der Waals surface area contributed by atoms with Crippen molar-refractivity contribution in [1.29, 1.82) is 0 Å². The third-order valence-corrected chi connectivity index (χ3v) is 6.36. The first-order valence-corrected chi connectivity index (χ1v) is 11.4. The summed E-state index contributed by atoms with van der Waals surface area (Å²) in [5.74, 6) is -0.594. The molecule has 27 heavy (non-hydrogen) atoms. The van der Waals surface area contributed by atoms with E-state index in [2.05, 4.69) is 10.3 Å². The molecule has 1 aliphatic rings. The van der Waals surface area contributed by atoms with Crippen LogP contribution in [-0.2, 0) is 21.2 Å². The average Bonchev–Trinajstić information content (AvgIpc) is 2.89. The van der Waals surface area contributed by atoms with E-state index in [1.54, 1.807) is 11.1 Å². The maximum atomic E-state index is 12.9. The Bertz CT molecular complexity index is 647. The maximum absolute atomic E-state index is 12.9. The molecule has 1 N–H and O–H groups in total. The van der Waals surface area contributed by atoms with Gasteiger partial charge in [-0.15, -0.1) is 12.4 Å². The molecule has 2 heterocycles. The number of amides is 1. The summed E-state index contributed by atoms with van der Waals surface area (Å²) in [5.41, 5.74) is 0.793. The van der Waals surface area contributed by atoms with Crippen molar-refractivity contribution in [2.24, 2.45) is 0 Å². The molecule has 1 unspecified atom stereocenters. The molecule has 0 aromatic carbocycles. The van der Waals surface area contributed by atoms with Crippen molar-refractivity contribution in [3.8, 4) is 0 Å². The van der Waals surface area contributed by atoms with Gasteiger partial charge in [0.05, 0.1) is 18.0 Å². The number of hydrogen-bond donors (Lipinski definition) is 1. The van der Waals surface area contributed by atoms with E-state index in [0.29, 0.717) is 13.0 Å². The van der Waals surface area contributed by atoms with Gasteiger partial charge in [-0.05, 0) is 50.9 Å². The number of nitrogens with zero attached hydrogens (tertiary/aromatic N) is 2. The van der Waals surface area contributed by atoms with Gasteiger partial charge in [0.25, 0.3) is 0 Å². The number of halogens is 1. The van der Waals surface area contributed by atoms with E-state index in [4.69, 9.17) is 0 Å². The second-order valence-electron chi connectivity index (χ2n) is 6.98. The van der Waals surface area contributed by atoms with Crippen LogP contribution in [0.2, 0.25) is 0 Å². The van der Waals surface area contributed by atoms with Crippen LogP contribution in [0.4, 0.5) is 0 Å². The van der Waals surface area contributed by atoms with Crippen molar-refractivity contribution in [1.82, 2.24) is 15.2 Å². The highest BCUT2D eigenvalue weighted by molar-refractivity contribution is 7.92. The molecule has 154 valence electrons. The standard InChI is InChI=1S/C19H31N3O3S.ClH/c1-2-3-6-14-26(24,25)16-19(23)22(15-17-8-4-5-12-21-17)18-9-7-11-20-13-10-18;/h4-5,8,12,18,20H,2-3,6-7,9-11,13-16H2,1H3;1H. The zero-order chi connectivity index (χ0) is 18.8. The van der Waals surface area contributed by atoms with Gasteiger partial charge in [0.15, 0.2) is 9.84 Å². The second-order valence-corrected chi connectivity index (χ2v) is 9.16. The number of pyridine rings is 1. The summed E-state index contributed by atoms with van der Waals surface area (Å²) in [6.07, 6.45) is 6.88. The van der Waals surface area contributed by atoms with E-state index in [9.17, 15) is 13.2 Å². The molecule has 0 aliphatic carbocycles.